The molecule has 0 bridgehead atoms. The van der Waals surface area contributed by atoms with Gasteiger partial charge in [0, 0.05) is 12.6 Å². The zero-order chi connectivity index (χ0) is 27.6. The van der Waals surface area contributed by atoms with Gasteiger partial charge in [-0.3, -0.25) is 19.3 Å². The van der Waals surface area contributed by atoms with Crippen LogP contribution in [0.5, 0.6) is 0 Å². The zero-order valence-corrected chi connectivity index (χ0v) is 22.6. The summed E-state index contributed by atoms with van der Waals surface area (Å²) < 4.78 is 10.2. The van der Waals surface area contributed by atoms with E-state index in [9.17, 15) is 19.2 Å². The summed E-state index contributed by atoms with van der Waals surface area (Å²) in [5, 5.41) is 5.29. The number of alkyl carbamates (subject to hydrolysis) is 1. The van der Waals surface area contributed by atoms with Gasteiger partial charge in [-0.2, -0.15) is 0 Å². The second-order valence-corrected chi connectivity index (χ2v) is 9.76. The number of rotatable bonds is 10. The van der Waals surface area contributed by atoms with Crippen molar-refractivity contribution < 1.29 is 28.7 Å². The molecule has 0 spiro atoms. The average Bonchev–Trinajstić information content (AvgIpc) is 2.75. The highest BCUT2D eigenvalue weighted by atomic mass is 16.6. The third kappa shape index (κ3) is 8.91. The van der Waals surface area contributed by atoms with E-state index >= 15 is 0 Å². The summed E-state index contributed by atoms with van der Waals surface area (Å²) >= 11 is 0. The first-order chi connectivity index (χ1) is 16.7. The number of nitrogens with one attached hydrogen (secondary N) is 2. The van der Waals surface area contributed by atoms with Crippen molar-refractivity contribution in [3.05, 3.63) is 34.9 Å². The number of hydrogen-bond acceptors (Lipinski definition) is 6. The Morgan fingerprint density at radius 1 is 1.11 bits per heavy atom. The van der Waals surface area contributed by atoms with Crippen LogP contribution in [0.15, 0.2) is 18.2 Å². The molecule has 0 aliphatic heterocycles. The van der Waals surface area contributed by atoms with Gasteiger partial charge < -0.3 is 20.1 Å². The fourth-order valence-electron chi connectivity index (χ4n) is 3.62. The first kappa shape index (κ1) is 30.5. The summed E-state index contributed by atoms with van der Waals surface area (Å²) in [5.41, 5.74) is 1.32. The van der Waals surface area contributed by atoms with Gasteiger partial charge in [-0.1, -0.05) is 38.5 Å². The standard InChI is InChI=1S/C27H39N3O6/c1-10-30(25(33)22(17(3)4)29-26(34)36-27(7,8)9)23(21-18(5)13-12-14-19(21)6)24(32)28-16-15-20(31)35-11-2/h1,12-14,17,22-23H,11,15-16H2,2-9H3,(H,28,32)(H,29,34). The van der Waals surface area contributed by atoms with Crippen molar-refractivity contribution in [1.29, 1.82) is 0 Å². The average molecular weight is 502 g/mol. The maximum atomic E-state index is 13.7. The van der Waals surface area contributed by atoms with Gasteiger partial charge in [0.15, 0.2) is 0 Å². The second kappa shape index (κ2) is 13.5. The van der Waals surface area contributed by atoms with Gasteiger partial charge in [-0.15, -0.1) is 0 Å². The Labute approximate surface area is 214 Å². The van der Waals surface area contributed by atoms with E-state index in [1.807, 2.05) is 32.0 Å². The maximum absolute atomic E-state index is 13.7. The largest absolute Gasteiger partial charge is 0.466 e. The molecular formula is C27H39N3O6. The van der Waals surface area contributed by atoms with Gasteiger partial charge in [0.25, 0.3) is 5.91 Å². The molecule has 9 nitrogen and oxygen atoms in total. The van der Waals surface area contributed by atoms with Crippen LogP contribution in [0.1, 0.15) is 70.7 Å². The van der Waals surface area contributed by atoms with Gasteiger partial charge in [0.05, 0.1) is 13.0 Å². The Bertz CT molecular complexity index is 970. The monoisotopic (exact) mass is 501 g/mol. The fourth-order valence-corrected chi connectivity index (χ4v) is 3.62. The minimum absolute atomic E-state index is 0.00939. The van der Waals surface area contributed by atoms with Gasteiger partial charge in [-0.25, -0.2) is 4.79 Å². The molecule has 2 atom stereocenters. The van der Waals surface area contributed by atoms with Crippen LogP contribution in [0.2, 0.25) is 0 Å². The number of benzene rings is 1. The first-order valence-corrected chi connectivity index (χ1v) is 12.0. The van der Waals surface area contributed by atoms with Crippen LogP contribution in [0, 0.1) is 32.2 Å². The Kier molecular flexibility index (Phi) is 11.5. The Morgan fingerprint density at radius 3 is 2.17 bits per heavy atom. The fraction of sp³-hybridized carbons (Fsp3) is 0.556. The number of amides is 3. The minimum atomic E-state index is -1.19. The van der Waals surface area contributed by atoms with Crippen LogP contribution in [0.25, 0.3) is 0 Å². The number of carbonyl (C=O) groups excluding carboxylic acids is 4. The molecule has 0 fully saturated rings. The quantitative estimate of drug-likeness (QED) is 0.289. The third-order valence-corrected chi connectivity index (χ3v) is 5.24. The van der Waals surface area contributed by atoms with Crippen molar-refractivity contribution in [2.75, 3.05) is 13.2 Å². The van der Waals surface area contributed by atoms with Crippen LogP contribution < -0.4 is 10.6 Å². The first-order valence-electron chi connectivity index (χ1n) is 12.0. The van der Waals surface area contributed by atoms with Crippen molar-refractivity contribution >= 4 is 23.9 Å². The molecule has 198 valence electrons. The number of carbonyl (C=O) groups is 4. The molecule has 1 aromatic rings. The Morgan fingerprint density at radius 2 is 1.69 bits per heavy atom. The molecule has 9 heteroatoms. The van der Waals surface area contributed by atoms with E-state index in [1.165, 1.54) is 0 Å². The predicted molar refractivity (Wildman–Crippen MR) is 137 cm³/mol. The van der Waals surface area contributed by atoms with E-state index in [0.717, 1.165) is 16.0 Å². The molecule has 0 saturated carbocycles. The lowest BCUT2D eigenvalue weighted by Crippen LogP contribution is -2.53. The SMILES string of the molecule is C#CN(C(=O)C(NC(=O)OC(C)(C)C)C(C)C)C(C(=O)NCCC(=O)OCC)c1c(C)cccc1C. The topological polar surface area (TPSA) is 114 Å². The van der Waals surface area contributed by atoms with Crippen LogP contribution in [0.4, 0.5) is 4.79 Å². The molecule has 0 heterocycles. The van der Waals surface area contributed by atoms with E-state index in [-0.39, 0.29) is 25.5 Å². The van der Waals surface area contributed by atoms with E-state index in [2.05, 4.69) is 16.7 Å². The number of terminal acetylenes is 1. The van der Waals surface area contributed by atoms with Crippen molar-refractivity contribution in [2.24, 2.45) is 5.92 Å². The van der Waals surface area contributed by atoms with E-state index < -0.39 is 41.6 Å². The molecule has 2 unspecified atom stereocenters. The van der Waals surface area contributed by atoms with Crippen LogP contribution >= 0.6 is 0 Å². The number of esters is 1. The number of nitrogens with zero attached hydrogens (tertiary/aromatic N) is 1. The Balaban J connectivity index is 3.37. The van der Waals surface area contributed by atoms with Gasteiger partial charge >= 0.3 is 12.1 Å². The van der Waals surface area contributed by atoms with Gasteiger partial charge in [-0.05, 0) is 64.2 Å². The molecular weight excluding hydrogens is 462 g/mol. The van der Waals surface area contributed by atoms with E-state index in [0.29, 0.717) is 5.56 Å². The summed E-state index contributed by atoms with van der Waals surface area (Å²) in [5.74, 6) is -1.99. The lowest BCUT2D eigenvalue weighted by atomic mass is 9.93. The summed E-state index contributed by atoms with van der Waals surface area (Å²) in [6, 6.07) is 5.60. The molecule has 0 aliphatic rings. The zero-order valence-electron chi connectivity index (χ0n) is 22.6. The van der Waals surface area contributed by atoms with Crippen molar-refractivity contribution in [1.82, 2.24) is 15.5 Å². The number of aryl methyl sites for hydroxylation is 2. The molecule has 3 amide bonds. The molecule has 1 aromatic carbocycles. The molecule has 0 aliphatic carbocycles. The van der Waals surface area contributed by atoms with E-state index in [4.69, 9.17) is 15.9 Å². The summed E-state index contributed by atoms with van der Waals surface area (Å²) in [6.45, 7) is 14.2. The van der Waals surface area contributed by atoms with Gasteiger partial charge in [0.1, 0.15) is 17.7 Å². The number of hydrogen-bond donors (Lipinski definition) is 2. The van der Waals surface area contributed by atoms with Crippen LogP contribution in [0.3, 0.4) is 0 Å². The van der Waals surface area contributed by atoms with Gasteiger partial charge in [0.2, 0.25) is 5.91 Å². The van der Waals surface area contributed by atoms with Crippen molar-refractivity contribution in [3.8, 4) is 12.5 Å². The molecule has 1 rings (SSSR count). The number of ether oxygens (including phenoxy) is 2. The highest BCUT2D eigenvalue weighted by molar-refractivity contribution is 5.94. The highest BCUT2D eigenvalue weighted by Gasteiger charge is 2.38. The van der Waals surface area contributed by atoms with E-state index in [1.54, 1.807) is 41.5 Å². The van der Waals surface area contributed by atoms with Crippen molar-refractivity contribution in [3.63, 3.8) is 0 Å². The molecule has 36 heavy (non-hydrogen) atoms. The molecule has 0 radical (unpaired) electrons. The third-order valence-electron chi connectivity index (χ3n) is 5.24. The predicted octanol–water partition coefficient (Wildman–Crippen LogP) is 3.38. The van der Waals surface area contributed by atoms with Crippen molar-refractivity contribution in [2.45, 2.75) is 79.5 Å². The summed E-state index contributed by atoms with van der Waals surface area (Å²) in [6.07, 6.45) is 4.99. The lowest BCUT2D eigenvalue weighted by molar-refractivity contribution is -0.143. The summed E-state index contributed by atoms with van der Waals surface area (Å²) in [4.78, 5) is 52.3. The molecule has 0 aromatic heterocycles. The Hall–Kier alpha value is -3.54. The maximum Gasteiger partial charge on any atom is 0.408 e. The van der Waals surface area contributed by atoms with Crippen LogP contribution in [-0.2, 0) is 23.9 Å². The summed E-state index contributed by atoms with van der Waals surface area (Å²) in [7, 11) is 0. The highest BCUT2D eigenvalue weighted by Crippen LogP contribution is 2.28. The van der Waals surface area contributed by atoms with Crippen LogP contribution in [-0.4, -0.2) is 53.6 Å². The smallest absolute Gasteiger partial charge is 0.408 e. The minimum Gasteiger partial charge on any atom is -0.466 e. The normalized spacial score (nSPS) is 12.7. The molecule has 0 saturated heterocycles. The second-order valence-electron chi connectivity index (χ2n) is 9.76. The molecule has 2 N–H and O–H groups in total. The lowest BCUT2D eigenvalue weighted by Gasteiger charge is -2.33.